The van der Waals surface area contributed by atoms with Crippen LogP contribution in [0, 0.1) is 0 Å². The van der Waals surface area contributed by atoms with Crippen LogP contribution >= 0.6 is 0 Å². The lowest BCUT2D eigenvalue weighted by molar-refractivity contribution is -0.137. The molecule has 34 heavy (non-hydrogen) atoms. The van der Waals surface area contributed by atoms with Crippen molar-refractivity contribution in [2.24, 2.45) is 4.99 Å². The number of hydrogen-bond donors (Lipinski definition) is 1. The zero-order valence-corrected chi connectivity index (χ0v) is 18.0. The summed E-state index contributed by atoms with van der Waals surface area (Å²) in [6, 6.07) is 1.48. The van der Waals surface area contributed by atoms with Crippen molar-refractivity contribution in [3.8, 4) is 0 Å². The highest BCUT2D eigenvalue weighted by molar-refractivity contribution is 5.93. The zero-order chi connectivity index (χ0) is 23.9. The summed E-state index contributed by atoms with van der Waals surface area (Å²) < 4.78 is 53.7. The van der Waals surface area contributed by atoms with Gasteiger partial charge in [-0.05, 0) is 31.4 Å². The smallest absolute Gasteiger partial charge is 0.354 e. The number of aliphatic imine (C=N–C) groups is 1. The van der Waals surface area contributed by atoms with E-state index in [9.17, 15) is 18.0 Å². The number of nitrogens with one attached hydrogen (secondary N) is 1. The molecule has 2 aromatic rings. The minimum absolute atomic E-state index is 0.0552. The average Bonchev–Trinajstić information content (AvgIpc) is 3.51. The Labute approximate surface area is 192 Å². The van der Waals surface area contributed by atoms with Gasteiger partial charge in [-0.15, -0.1) is 0 Å². The first-order valence-electron chi connectivity index (χ1n) is 10.9. The molecule has 2 fully saturated rings. The van der Waals surface area contributed by atoms with E-state index in [1.165, 1.54) is 18.5 Å². The second-order valence-electron chi connectivity index (χ2n) is 8.41. The van der Waals surface area contributed by atoms with Crippen molar-refractivity contribution < 1.29 is 22.4 Å². The summed E-state index contributed by atoms with van der Waals surface area (Å²) in [7, 11) is 0. The molecule has 2 atom stereocenters. The molecule has 5 rings (SSSR count). The maximum absolute atomic E-state index is 15.3. The van der Waals surface area contributed by atoms with Gasteiger partial charge in [-0.25, -0.2) is 29.8 Å². The molecule has 1 N–H and O–H groups in total. The summed E-state index contributed by atoms with van der Waals surface area (Å²) in [4.78, 5) is 32.8. The summed E-state index contributed by atoms with van der Waals surface area (Å²) in [5.74, 6) is 0.383. The van der Waals surface area contributed by atoms with Gasteiger partial charge in [-0.2, -0.15) is 13.2 Å². The lowest BCUT2D eigenvalue weighted by atomic mass is 10.00. The number of alkyl halides is 4. The molecule has 0 radical (unpaired) electrons. The Morgan fingerprint density at radius 2 is 1.85 bits per heavy atom. The van der Waals surface area contributed by atoms with Gasteiger partial charge in [0.2, 0.25) is 0 Å². The number of hydrogen-bond acceptors (Lipinski definition) is 8. The van der Waals surface area contributed by atoms with Gasteiger partial charge in [-0.3, -0.25) is 9.79 Å². The molecule has 13 heteroatoms. The highest BCUT2D eigenvalue weighted by Gasteiger charge is 2.44. The normalized spacial score (nSPS) is 22.8. The van der Waals surface area contributed by atoms with Gasteiger partial charge in [0.15, 0.2) is 5.82 Å². The molecule has 0 unspecified atom stereocenters. The number of pyridine rings is 1. The molecule has 180 valence electrons. The van der Waals surface area contributed by atoms with Crippen molar-refractivity contribution >= 4 is 23.9 Å². The quantitative estimate of drug-likeness (QED) is 0.661. The number of rotatable bonds is 5. The van der Waals surface area contributed by atoms with Crippen molar-refractivity contribution in [2.45, 2.75) is 43.7 Å². The average molecular weight is 478 g/mol. The SMILES string of the molecule is O=C(c1cnc(N2C=NCN2)cn1)N(C1CC1)[C@@H]1CCN(c2ccc(C(F)(F)F)cn2)C[C@@H]1F. The summed E-state index contributed by atoms with van der Waals surface area (Å²) in [6.45, 7) is 0.727. The van der Waals surface area contributed by atoms with E-state index in [2.05, 4.69) is 25.4 Å². The van der Waals surface area contributed by atoms with Gasteiger partial charge >= 0.3 is 6.18 Å². The molecule has 9 nitrogen and oxygen atoms in total. The molecule has 4 heterocycles. The number of anilines is 2. The Bertz CT molecular complexity index is 1060. The van der Waals surface area contributed by atoms with Gasteiger partial charge in [-0.1, -0.05) is 0 Å². The van der Waals surface area contributed by atoms with Crippen LogP contribution in [0.1, 0.15) is 35.3 Å². The summed E-state index contributed by atoms with van der Waals surface area (Å²) in [6.07, 6.45) is 1.17. The number of hydrazine groups is 1. The van der Waals surface area contributed by atoms with Crippen molar-refractivity contribution in [2.75, 3.05) is 29.7 Å². The number of amides is 1. The minimum atomic E-state index is -4.48. The van der Waals surface area contributed by atoms with E-state index >= 15 is 4.39 Å². The fourth-order valence-corrected chi connectivity index (χ4v) is 4.20. The molecule has 1 aliphatic carbocycles. The first-order chi connectivity index (χ1) is 16.3. The van der Waals surface area contributed by atoms with E-state index in [1.807, 2.05) is 0 Å². The van der Waals surface area contributed by atoms with Crippen molar-refractivity contribution in [3.05, 3.63) is 42.0 Å². The van der Waals surface area contributed by atoms with Crippen LogP contribution in [0.5, 0.6) is 0 Å². The highest BCUT2D eigenvalue weighted by atomic mass is 19.4. The molecular formula is C21H22F4N8O. The van der Waals surface area contributed by atoms with E-state index in [1.54, 1.807) is 21.1 Å². The van der Waals surface area contributed by atoms with Crippen LogP contribution in [0.25, 0.3) is 0 Å². The van der Waals surface area contributed by atoms with E-state index in [0.29, 0.717) is 25.5 Å². The maximum Gasteiger partial charge on any atom is 0.417 e. The molecule has 2 aromatic heterocycles. The van der Waals surface area contributed by atoms with Crippen LogP contribution in [0.15, 0.2) is 35.7 Å². The topological polar surface area (TPSA) is 89.8 Å². The predicted molar refractivity (Wildman–Crippen MR) is 115 cm³/mol. The lowest BCUT2D eigenvalue weighted by Gasteiger charge is -2.41. The van der Waals surface area contributed by atoms with Gasteiger partial charge in [0.05, 0.1) is 30.5 Å². The van der Waals surface area contributed by atoms with Gasteiger partial charge in [0.25, 0.3) is 5.91 Å². The Kier molecular flexibility index (Phi) is 5.80. The van der Waals surface area contributed by atoms with Gasteiger partial charge < -0.3 is 9.80 Å². The fourth-order valence-electron chi connectivity index (χ4n) is 4.20. The Morgan fingerprint density at radius 3 is 2.41 bits per heavy atom. The number of halogens is 4. The molecule has 2 aliphatic heterocycles. The second-order valence-corrected chi connectivity index (χ2v) is 8.41. The molecular weight excluding hydrogens is 456 g/mol. The molecule has 0 bridgehead atoms. The number of aromatic nitrogens is 3. The lowest BCUT2D eigenvalue weighted by Crippen LogP contribution is -2.55. The van der Waals surface area contributed by atoms with Crippen LogP contribution in [-0.4, -0.2) is 70.1 Å². The van der Waals surface area contributed by atoms with Crippen LogP contribution in [0.2, 0.25) is 0 Å². The third-order valence-electron chi connectivity index (χ3n) is 6.07. The summed E-state index contributed by atoms with van der Waals surface area (Å²) in [5, 5.41) is 1.59. The highest BCUT2D eigenvalue weighted by Crippen LogP contribution is 2.35. The third kappa shape index (κ3) is 4.52. The van der Waals surface area contributed by atoms with Crippen molar-refractivity contribution in [1.82, 2.24) is 25.3 Å². The first-order valence-corrected chi connectivity index (χ1v) is 10.9. The number of piperidine rings is 1. The largest absolute Gasteiger partial charge is 0.417 e. The van der Waals surface area contributed by atoms with E-state index in [-0.39, 0.29) is 30.0 Å². The molecule has 3 aliphatic rings. The number of carbonyl (C=O) groups excluding carboxylic acids is 1. The van der Waals surface area contributed by atoms with Crippen molar-refractivity contribution in [3.63, 3.8) is 0 Å². The molecule has 0 spiro atoms. The standard InChI is InChI=1S/C21H22F4N8O/c22-15-10-31(18-4-1-13(7-28-18)21(23,24)25)6-5-17(15)33(14-2-3-14)20(34)16-8-29-19(9-27-16)32-12-26-11-30-32/h1,4,7-9,12,14-15,17,30H,2-3,5-6,10-11H2/t15-,17+/m0/s1. The molecule has 1 saturated carbocycles. The Balaban J connectivity index is 1.27. The third-order valence-corrected chi connectivity index (χ3v) is 6.07. The summed E-state index contributed by atoms with van der Waals surface area (Å²) in [5.41, 5.74) is 2.23. The predicted octanol–water partition coefficient (Wildman–Crippen LogP) is 2.42. The Hall–Kier alpha value is -3.35. The summed E-state index contributed by atoms with van der Waals surface area (Å²) >= 11 is 0. The van der Waals surface area contributed by atoms with Crippen LogP contribution in [0.3, 0.4) is 0 Å². The number of carbonyl (C=O) groups is 1. The number of nitrogens with zero attached hydrogens (tertiary/aromatic N) is 7. The molecule has 1 amide bonds. The second kappa shape index (κ2) is 8.78. The monoisotopic (exact) mass is 478 g/mol. The van der Waals surface area contributed by atoms with E-state index < -0.39 is 24.0 Å². The van der Waals surface area contributed by atoms with E-state index in [4.69, 9.17) is 0 Å². The fraction of sp³-hybridized carbons (Fsp3) is 0.476. The van der Waals surface area contributed by atoms with Crippen LogP contribution in [-0.2, 0) is 6.18 Å². The molecule has 1 saturated heterocycles. The molecule has 0 aromatic carbocycles. The van der Waals surface area contributed by atoms with Crippen molar-refractivity contribution in [1.29, 1.82) is 0 Å². The van der Waals surface area contributed by atoms with Gasteiger partial charge in [0.1, 0.15) is 30.7 Å². The zero-order valence-electron chi connectivity index (χ0n) is 18.0. The first kappa shape index (κ1) is 22.4. The Morgan fingerprint density at radius 1 is 1.06 bits per heavy atom. The minimum Gasteiger partial charge on any atom is -0.354 e. The van der Waals surface area contributed by atoms with Crippen LogP contribution in [0.4, 0.5) is 29.2 Å². The maximum atomic E-state index is 15.3. The van der Waals surface area contributed by atoms with Crippen LogP contribution < -0.4 is 15.3 Å². The van der Waals surface area contributed by atoms with Gasteiger partial charge in [0, 0.05) is 18.8 Å². The van der Waals surface area contributed by atoms with E-state index in [0.717, 1.165) is 25.1 Å².